The maximum atomic E-state index is 12.4. The average Bonchev–Trinajstić information content (AvgIpc) is 3.41. The first kappa shape index (κ1) is 15.6. The summed E-state index contributed by atoms with van der Waals surface area (Å²) >= 11 is 0. The van der Waals surface area contributed by atoms with Crippen LogP contribution < -0.4 is 15.8 Å². The number of nitrogens with zero attached hydrogens (tertiary/aromatic N) is 1. The SMILES string of the molecule is O=C(NNC(=O)C1CC(=O)N(c2cccc3ccccc23)C1)C1CC1. The highest BCUT2D eigenvalue weighted by molar-refractivity contribution is 6.07. The summed E-state index contributed by atoms with van der Waals surface area (Å²) < 4.78 is 0. The van der Waals surface area contributed by atoms with Crippen molar-refractivity contribution in [2.24, 2.45) is 11.8 Å². The lowest BCUT2D eigenvalue weighted by molar-refractivity contribution is -0.131. The second-order valence-electron chi connectivity index (χ2n) is 6.66. The van der Waals surface area contributed by atoms with Gasteiger partial charge in [0.05, 0.1) is 11.6 Å². The van der Waals surface area contributed by atoms with Gasteiger partial charge in [0, 0.05) is 24.3 Å². The molecule has 4 rings (SSSR count). The van der Waals surface area contributed by atoms with E-state index in [9.17, 15) is 14.4 Å². The van der Waals surface area contributed by atoms with E-state index in [2.05, 4.69) is 10.9 Å². The predicted molar refractivity (Wildman–Crippen MR) is 93.4 cm³/mol. The second-order valence-corrected chi connectivity index (χ2v) is 6.66. The number of hydrogen-bond acceptors (Lipinski definition) is 3. The van der Waals surface area contributed by atoms with Crippen LogP contribution in [0.5, 0.6) is 0 Å². The zero-order valence-corrected chi connectivity index (χ0v) is 13.7. The molecule has 2 aromatic rings. The average molecular weight is 337 g/mol. The largest absolute Gasteiger partial charge is 0.311 e. The van der Waals surface area contributed by atoms with E-state index in [0.29, 0.717) is 6.54 Å². The van der Waals surface area contributed by atoms with Crippen LogP contribution in [0.4, 0.5) is 5.69 Å². The van der Waals surface area contributed by atoms with Crippen LogP contribution in [-0.4, -0.2) is 24.3 Å². The zero-order valence-electron chi connectivity index (χ0n) is 13.7. The van der Waals surface area contributed by atoms with Crippen LogP contribution in [0.3, 0.4) is 0 Å². The van der Waals surface area contributed by atoms with Crippen molar-refractivity contribution in [3.05, 3.63) is 42.5 Å². The summed E-state index contributed by atoms with van der Waals surface area (Å²) in [6.45, 7) is 0.317. The van der Waals surface area contributed by atoms with E-state index in [1.54, 1.807) is 4.90 Å². The molecule has 0 aromatic heterocycles. The van der Waals surface area contributed by atoms with E-state index in [-0.39, 0.29) is 30.1 Å². The lowest BCUT2D eigenvalue weighted by Gasteiger charge is -2.19. The van der Waals surface area contributed by atoms with Crippen LogP contribution >= 0.6 is 0 Å². The minimum atomic E-state index is -0.467. The maximum Gasteiger partial charge on any atom is 0.243 e. The zero-order chi connectivity index (χ0) is 17.4. The Morgan fingerprint density at radius 3 is 2.36 bits per heavy atom. The van der Waals surface area contributed by atoms with Gasteiger partial charge in [0.1, 0.15) is 0 Å². The molecule has 2 N–H and O–H groups in total. The Morgan fingerprint density at radius 2 is 1.60 bits per heavy atom. The lowest BCUT2D eigenvalue weighted by atomic mass is 10.1. The molecule has 3 amide bonds. The van der Waals surface area contributed by atoms with E-state index < -0.39 is 5.92 Å². The van der Waals surface area contributed by atoms with Gasteiger partial charge in [0.2, 0.25) is 17.7 Å². The lowest BCUT2D eigenvalue weighted by Crippen LogP contribution is -2.45. The minimum Gasteiger partial charge on any atom is -0.311 e. The molecule has 1 heterocycles. The van der Waals surface area contributed by atoms with Crippen molar-refractivity contribution in [2.75, 3.05) is 11.4 Å². The first-order valence-electron chi connectivity index (χ1n) is 8.51. The predicted octanol–water partition coefficient (Wildman–Crippen LogP) is 1.75. The Labute approximate surface area is 145 Å². The number of benzene rings is 2. The maximum absolute atomic E-state index is 12.4. The highest BCUT2D eigenvalue weighted by Gasteiger charge is 2.36. The van der Waals surface area contributed by atoms with Crippen molar-refractivity contribution in [1.29, 1.82) is 0 Å². The van der Waals surface area contributed by atoms with Crippen molar-refractivity contribution >= 4 is 34.2 Å². The molecule has 2 fully saturated rings. The topological polar surface area (TPSA) is 78.5 Å². The van der Waals surface area contributed by atoms with E-state index in [1.807, 2.05) is 42.5 Å². The molecular weight excluding hydrogens is 318 g/mol. The Morgan fingerprint density at radius 1 is 0.920 bits per heavy atom. The summed E-state index contributed by atoms with van der Waals surface area (Å²) in [5.41, 5.74) is 5.73. The molecule has 0 spiro atoms. The first-order chi connectivity index (χ1) is 12.1. The molecule has 2 aliphatic rings. The van der Waals surface area contributed by atoms with Crippen molar-refractivity contribution in [2.45, 2.75) is 19.3 Å². The van der Waals surface area contributed by atoms with Gasteiger partial charge in [-0.15, -0.1) is 0 Å². The van der Waals surface area contributed by atoms with Gasteiger partial charge in [0.15, 0.2) is 0 Å². The standard InChI is InChI=1S/C19H19N3O3/c23-17-10-14(19(25)21-20-18(24)13-8-9-13)11-22(17)16-7-3-5-12-4-1-2-6-15(12)16/h1-7,13-14H,8-11H2,(H,20,24)(H,21,25). The first-order valence-corrected chi connectivity index (χ1v) is 8.51. The van der Waals surface area contributed by atoms with Crippen LogP contribution in [-0.2, 0) is 14.4 Å². The van der Waals surface area contributed by atoms with Crippen LogP contribution in [0.1, 0.15) is 19.3 Å². The van der Waals surface area contributed by atoms with Crippen molar-refractivity contribution < 1.29 is 14.4 Å². The Bertz CT molecular complexity index is 855. The molecule has 2 aromatic carbocycles. The van der Waals surface area contributed by atoms with Gasteiger partial charge in [-0.25, -0.2) is 0 Å². The third-order valence-corrected chi connectivity index (χ3v) is 4.81. The summed E-state index contributed by atoms with van der Waals surface area (Å²) in [5.74, 6) is -0.984. The third-order valence-electron chi connectivity index (χ3n) is 4.81. The van der Waals surface area contributed by atoms with Crippen molar-refractivity contribution in [3.63, 3.8) is 0 Å². The highest BCUT2D eigenvalue weighted by atomic mass is 16.2. The summed E-state index contributed by atoms with van der Waals surface area (Å²) in [5, 5.41) is 2.04. The monoisotopic (exact) mass is 337 g/mol. The van der Waals surface area contributed by atoms with E-state index in [1.165, 1.54) is 0 Å². The quantitative estimate of drug-likeness (QED) is 0.838. The summed E-state index contributed by atoms with van der Waals surface area (Å²) in [6.07, 6.45) is 1.89. The molecule has 128 valence electrons. The molecule has 1 atom stereocenters. The normalized spacial score (nSPS) is 19.9. The van der Waals surface area contributed by atoms with Gasteiger partial charge in [-0.05, 0) is 24.3 Å². The number of nitrogens with one attached hydrogen (secondary N) is 2. The molecule has 6 heteroatoms. The fourth-order valence-electron chi connectivity index (χ4n) is 3.23. The molecule has 1 saturated heterocycles. The van der Waals surface area contributed by atoms with Gasteiger partial charge in [0.25, 0.3) is 0 Å². The fraction of sp³-hybridized carbons (Fsp3) is 0.316. The molecule has 1 unspecified atom stereocenters. The number of rotatable bonds is 3. The van der Waals surface area contributed by atoms with E-state index >= 15 is 0 Å². The van der Waals surface area contributed by atoms with Gasteiger partial charge < -0.3 is 4.90 Å². The molecule has 1 saturated carbocycles. The summed E-state index contributed by atoms with van der Waals surface area (Å²) in [7, 11) is 0. The van der Waals surface area contributed by atoms with Crippen molar-refractivity contribution in [1.82, 2.24) is 10.9 Å². The number of fused-ring (bicyclic) bond motifs is 1. The minimum absolute atomic E-state index is 0.0256. The number of hydrazine groups is 1. The Hall–Kier alpha value is -2.89. The van der Waals surface area contributed by atoms with Crippen LogP contribution in [0.25, 0.3) is 10.8 Å². The summed E-state index contributed by atoms with van der Waals surface area (Å²) in [6, 6.07) is 13.7. The van der Waals surface area contributed by atoms with Gasteiger partial charge in [-0.2, -0.15) is 0 Å². The van der Waals surface area contributed by atoms with E-state index in [4.69, 9.17) is 0 Å². The number of carbonyl (C=O) groups excluding carboxylic acids is 3. The molecule has 0 bridgehead atoms. The fourth-order valence-corrected chi connectivity index (χ4v) is 3.23. The number of anilines is 1. The smallest absolute Gasteiger partial charge is 0.243 e. The van der Waals surface area contributed by atoms with Gasteiger partial charge >= 0.3 is 0 Å². The van der Waals surface area contributed by atoms with Gasteiger partial charge in [-0.1, -0.05) is 36.4 Å². The Balaban J connectivity index is 1.48. The highest BCUT2D eigenvalue weighted by Crippen LogP contribution is 2.32. The van der Waals surface area contributed by atoms with Crippen LogP contribution in [0, 0.1) is 11.8 Å². The van der Waals surface area contributed by atoms with Gasteiger partial charge in [-0.3, -0.25) is 25.2 Å². The molecular formula is C19H19N3O3. The van der Waals surface area contributed by atoms with Crippen LogP contribution in [0.15, 0.2) is 42.5 Å². The Kier molecular flexibility index (Phi) is 3.87. The molecule has 25 heavy (non-hydrogen) atoms. The third kappa shape index (κ3) is 3.07. The molecule has 1 aliphatic heterocycles. The summed E-state index contributed by atoms with van der Waals surface area (Å²) in [4.78, 5) is 38.0. The van der Waals surface area contributed by atoms with E-state index in [0.717, 1.165) is 29.3 Å². The second kappa shape index (κ2) is 6.20. The van der Waals surface area contributed by atoms with Crippen LogP contribution in [0.2, 0.25) is 0 Å². The number of amides is 3. The number of hydrogen-bond donors (Lipinski definition) is 2. The molecule has 0 radical (unpaired) electrons. The molecule has 6 nitrogen and oxygen atoms in total. The van der Waals surface area contributed by atoms with Crippen molar-refractivity contribution in [3.8, 4) is 0 Å². The number of carbonyl (C=O) groups is 3. The molecule has 1 aliphatic carbocycles.